The summed E-state index contributed by atoms with van der Waals surface area (Å²) in [7, 11) is 0. The first-order valence-corrected chi connectivity index (χ1v) is 8.50. The van der Waals surface area contributed by atoms with Gasteiger partial charge in [0.2, 0.25) is 0 Å². The highest BCUT2D eigenvalue weighted by molar-refractivity contribution is 5.81. The van der Waals surface area contributed by atoms with E-state index in [0.29, 0.717) is 30.9 Å². The number of carbonyl (C=O) groups excluding carboxylic acids is 1. The topological polar surface area (TPSA) is 35.5 Å². The van der Waals surface area contributed by atoms with Crippen molar-refractivity contribution in [2.24, 2.45) is 0 Å². The van der Waals surface area contributed by atoms with Gasteiger partial charge in [-0.2, -0.15) is 0 Å². The molecule has 0 amide bonds. The number of carbonyl (C=O) groups is 1. The molecule has 0 bridgehead atoms. The van der Waals surface area contributed by atoms with Gasteiger partial charge < -0.3 is 9.47 Å². The van der Waals surface area contributed by atoms with Gasteiger partial charge in [0.15, 0.2) is 6.29 Å². The van der Waals surface area contributed by atoms with Crippen molar-refractivity contribution in [2.45, 2.75) is 32.6 Å². The molecule has 0 atom stereocenters. The lowest BCUT2D eigenvalue weighted by molar-refractivity contribution is 0.111. The van der Waals surface area contributed by atoms with Crippen LogP contribution in [0.5, 0.6) is 11.5 Å². The number of hydrogen-bond donors (Lipinski definition) is 0. The fourth-order valence-electron chi connectivity index (χ4n) is 2.54. The molecule has 132 valence electrons. The maximum Gasteiger partial charge on any atom is 0.153 e. The van der Waals surface area contributed by atoms with E-state index in [0.717, 1.165) is 23.2 Å². The van der Waals surface area contributed by atoms with Gasteiger partial charge in [0.1, 0.15) is 24.7 Å². The lowest BCUT2D eigenvalue weighted by Gasteiger charge is -2.22. The molecule has 0 heterocycles. The van der Waals surface area contributed by atoms with Crippen molar-refractivity contribution in [3.63, 3.8) is 0 Å². The van der Waals surface area contributed by atoms with Gasteiger partial charge in [-0.05, 0) is 41.2 Å². The summed E-state index contributed by atoms with van der Waals surface area (Å²) in [6, 6.07) is 13.6. The molecule has 0 saturated heterocycles. The van der Waals surface area contributed by atoms with E-state index in [-0.39, 0.29) is 5.41 Å². The second-order valence-electron chi connectivity index (χ2n) is 6.92. The third kappa shape index (κ3) is 5.21. The van der Waals surface area contributed by atoms with Crippen LogP contribution in [0.15, 0.2) is 55.1 Å². The fraction of sp³-hybridized carbons (Fsp3) is 0.318. The molecule has 0 N–H and O–H groups in total. The molecule has 3 nitrogen and oxygen atoms in total. The minimum atomic E-state index is -0.0391. The molecule has 0 aliphatic heterocycles. The first-order chi connectivity index (χ1) is 12.0. The lowest BCUT2D eigenvalue weighted by atomic mass is 9.84. The Morgan fingerprint density at radius 3 is 2.32 bits per heavy atom. The minimum absolute atomic E-state index is 0.0391. The molecule has 0 aromatic heterocycles. The predicted molar refractivity (Wildman–Crippen MR) is 102 cm³/mol. The van der Waals surface area contributed by atoms with E-state index in [1.165, 1.54) is 0 Å². The van der Waals surface area contributed by atoms with Crippen LogP contribution >= 0.6 is 0 Å². The normalized spacial score (nSPS) is 11.0. The maximum atomic E-state index is 11.6. The number of hydrogen-bond acceptors (Lipinski definition) is 3. The third-order valence-electron chi connectivity index (χ3n) is 3.89. The van der Waals surface area contributed by atoms with Crippen molar-refractivity contribution in [3.05, 3.63) is 71.8 Å². The summed E-state index contributed by atoms with van der Waals surface area (Å²) in [6.07, 6.45) is 3.33. The van der Waals surface area contributed by atoms with Gasteiger partial charge in [-0.3, -0.25) is 4.79 Å². The first kappa shape index (κ1) is 18.8. The van der Waals surface area contributed by atoms with E-state index in [1.807, 2.05) is 42.5 Å². The minimum Gasteiger partial charge on any atom is -0.490 e. The van der Waals surface area contributed by atoms with Gasteiger partial charge in [-0.1, -0.05) is 51.1 Å². The van der Waals surface area contributed by atoms with Crippen molar-refractivity contribution in [1.82, 2.24) is 0 Å². The molecular formula is C22H26O3. The summed E-state index contributed by atoms with van der Waals surface area (Å²) in [5.41, 5.74) is 2.62. The summed E-state index contributed by atoms with van der Waals surface area (Å²) < 4.78 is 11.5. The monoisotopic (exact) mass is 338 g/mol. The number of aldehydes is 1. The molecule has 0 unspecified atom stereocenters. The fourth-order valence-corrected chi connectivity index (χ4v) is 2.54. The molecule has 0 radical (unpaired) electrons. The van der Waals surface area contributed by atoms with Crippen LogP contribution in [0.4, 0.5) is 0 Å². The number of rotatable bonds is 8. The van der Waals surface area contributed by atoms with Gasteiger partial charge in [0.25, 0.3) is 0 Å². The number of para-hydroxylation sites is 1. The summed E-state index contributed by atoms with van der Waals surface area (Å²) in [6.45, 7) is 11.0. The quantitative estimate of drug-likeness (QED) is 0.387. The second-order valence-corrected chi connectivity index (χ2v) is 6.92. The zero-order chi connectivity index (χ0) is 18.3. The molecule has 3 heteroatoms. The van der Waals surface area contributed by atoms with Crippen LogP contribution in [0.3, 0.4) is 0 Å². The number of allylic oxidation sites excluding steroid dienone is 1. The maximum absolute atomic E-state index is 11.6. The second kappa shape index (κ2) is 8.52. The van der Waals surface area contributed by atoms with Crippen molar-refractivity contribution in [2.75, 3.05) is 13.2 Å². The van der Waals surface area contributed by atoms with Gasteiger partial charge >= 0.3 is 0 Å². The van der Waals surface area contributed by atoms with Crippen LogP contribution in [-0.2, 0) is 11.8 Å². The Morgan fingerprint density at radius 1 is 1.04 bits per heavy atom. The van der Waals surface area contributed by atoms with Crippen LogP contribution in [-0.4, -0.2) is 19.5 Å². The van der Waals surface area contributed by atoms with Gasteiger partial charge in [-0.15, -0.1) is 6.58 Å². The molecule has 2 aromatic carbocycles. The Balaban J connectivity index is 2.14. The molecule has 0 aliphatic carbocycles. The zero-order valence-corrected chi connectivity index (χ0v) is 15.2. The highest BCUT2D eigenvalue weighted by Crippen LogP contribution is 2.31. The molecule has 25 heavy (non-hydrogen) atoms. The zero-order valence-electron chi connectivity index (χ0n) is 15.2. The highest BCUT2D eigenvalue weighted by Gasteiger charge is 2.19. The standard InChI is InChI=1S/C22H26O3/c1-5-9-17-14-19(22(2,3)4)15-18(16-23)21(17)25-13-12-24-20-10-7-6-8-11-20/h5-8,10-11,14-16H,1,9,12-13H2,2-4H3. The molecule has 0 saturated carbocycles. The molecular weight excluding hydrogens is 312 g/mol. The molecule has 2 rings (SSSR count). The van der Waals surface area contributed by atoms with Crippen molar-refractivity contribution < 1.29 is 14.3 Å². The van der Waals surface area contributed by atoms with Crippen LogP contribution in [0.25, 0.3) is 0 Å². The molecule has 2 aromatic rings. The summed E-state index contributed by atoms with van der Waals surface area (Å²) in [5.74, 6) is 1.43. The average Bonchev–Trinajstić information content (AvgIpc) is 2.59. The Kier molecular flexibility index (Phi) is 6.40. The van der Waals surface area contributed by atoms with Crippen molar-refractivity contribution >= 4 is 6.29 Å². The van der Waals surface area contributed by atoms with Gasteiger partial charge in [0, 0.05) is 0 Å². The van der Waals surface area contributed by atoms with E-state index in [4.69, 9.17) is 9.47 Å². The summed E-state index contributed by atoms with van der Waals surface area (Å²) in [4.78, 5) is 11.6. The summed E-state index contributed by atoms with van der Waals surface area (Å²) in [5, 5.41) is 0. The Hall–Kier alpha value is -2.55. The molecule has 0 fully saturated rings. The van der Waals surface area contributed by atoms with Crippen LogP contribution in [0.1, 0.15) is 42.3 Å². The Morgan fingerprint density at radius 2 is 1.72 bits per heavy atom. The van der Waals surface area contributed by atoms with E-state index in [1.54, 1.807) is 0 Å². The van der Waals surface area contributed by atoms with E-state index in [9.17, 15) is 4.79 Å². The highest BCUT2D eigenvalue weighted by atomic mass is 16.5. The van der Waals surface area contributed by atoms with Crippen LogP contribution in [0.2, 0.25) is 0 Å². The van der Waals surface area contributed by atoms with Crippen molar-refractivity contribution in [3.8, 4) is 11.5 Å². The third-order valence-corrected chi connectivity index (χ3v) is 3.89. The molecule has 0 spiro atoms. The van der Waals surface area contributed by atoms with E-state index < -0.39 is 0 Å². The predicted octanol–water partition coefficient (Wildman–Crippen LogP) is 4.98. The average molecular weight is 338 g/mol. The Labute approximate surface area is 150 Å². The Bertz CT molecular complexity index is 712. The smallest absolute Gasteiger partial charge is 0.153 e. The lowest BCUT2D eigenvalue weighted by Crippen LogP contribution is -2.15. The van der Waals surface area contributed by atoms with Gasteiger partial charge in [0.05, 0.1) is 5.56 Å². The first-order valence-electron chi connectivity index (χ1n) is 8.50. The number of benzene rings is 2. The van der Waals surface area contributed by atoms with Gasteiger partial charge in [-0.25, -0.2) is 0 Å². The largest absolute Gasteiger partial charge is 0.490 e. The van der Waals surface area contributed by atoms with Crippen LogP contribution in [0, 0.1) is 0 Å². The van der Waals surface area contributed by atoms with Crippen LogP contribution < -0.4 is 9.47 Å². The SMILES string of the molecule is C=CCc1cc(C(C)(C)C)cc(C=O)c1OCCOc1ccccc1. The van der Waals surface area contributed by atoms with Crippen molar-refractivity contribution in [1.29, 1.82) is 0 Å². The van der Waals surface area contributed by atoms with E-state index >= 15 is 0 Å². The summed E-state index contributed by atoms with van der Waals surface area (Å²) >= 11 is 0. The number of ether oxygens (including phenoxy) is 2. The van der Waals surface area contributed by atoms with E-state index in [2.05, 4.69) is 33.4 Å². The molecule has 0 aliphatic rings.